The number of rotatable bonds is 17. The fourth-order valence-corrected chi connectivity index (χ4v) is 17.0. The standard InChI is InChI=1S/C22H25F3N6.C22H25N7.C22H28N6O2S.C21H25BrN6/c1-15-27-17(13-19(28-15)31-11-9-29(2)10-12-31)14-30(3)21-18(22(23,24)25)7-6-16-5-4-8-26-20(16)21;1-16-25-19(13-20(26-16)29-11-9-27(2)10-12-29)15-28(3)22-18(14-23)7-6-17-5-4-8-24-21(17)22;1-16-24-18(14-20(25-16)28-12-10-26(2)11-13-28)15-27(3)22-19(31(4,29)30)8-7-17-6-5-9-23-21(17)22;1-15-24-17(13-19(25-15)28-11-9-26(2)10-12-28)14-27(3)21-18(22)7-6-16-5-4-8-23-20(16)21/h4-8,13H,9-12,14H2,1-3H3;4-8,13H,9-12,15H2,1-3H3;5-9,14H,10-13,15H2,1-4H3;4-8,13H,9-12,14H2,1-3H3. The van der Waals surface area contributed by atoms with Crippen molar-refractivity contribution in [1.29, 1.82) is 5.26 Å². The summed E-state index contributed by atoms with van der Waals surface area (Å²) < 4.78 is 67.4. The van der Waals surface area contributed by atoms with Gasteiger partial charge in [0.2, 0.25) is 0 Å². The van der Waals surface area contributed by atoms with Crippen LogP contribution in [0.15, 0.2) is 155 Å². The lowest BCUT2D eigenvalue weighted by Gasteiger charge is -2.33. The van der Waals surface area contributed by atoms with Crippen LogP contribution >= 0.6 is 15.9 Å². The molecule has 119 heavy (non-hydrogen) atoms. The zero-order valence-electron chi connectivity index (χ0n) is 69.9. The van der Waals surface area contributed by atoms with E-state index in [0.29, 0.717) is 64.6 Å². The van der Waals surface area contributed by atoms with E-state index in [2.05, 4.69) is 191 Å². The van der Waals surface area contributed by atoms with E-state index in [9.17, 15) is 26.9 Å². The molecule has 0 aliphatic carbocycles. The van der Waals surface area contributed by atoms with Crippen molar-refractivity contribution in [2.75, 3.05) is 207 Å². The fraction of sp³-hybridized carbons (Fsp3) is 0.391. The minimum Gasteiger partial charge on any atom is -0.366 e. The number of halogens is 4. The predicted octanol–water partition coefficient (Wildman–Crippen LogP) is 11.9. The summed E-state index contributed by atoms with van der Waals surface area (Å²) in [6.07, 6.45) is 3.55. The van der Waals surface area contributed by atoms with Gasteiger partial charge < -0.3 is 58.8 Å². The average Bonchev–Trinajstić information content (AvgIpc) is 0.776. The predicted molar refractivity (Wildman–Crippen MR) is 472 cm³/mol. The Morgan fingerprint density at radius 2 is 0.681 bits per heavy atom. The molecule has 0 atom stereocenters. The monoisotopic (exact) mass is 1700 g/mol. The lowest BCUT2D eigenvalue weighted by molar-refractivity contribution is -0.137. The van der Waals surface area contributed by atoms with Gasteiger partial charge in [-0.25, -0.2) is 48.3 Å². The molecule has 0 unspecified atom stereocenters. The number of piperazine rings is 4. The van der Waals surface area contributed by atoms with E-state index in [4.69, 9.17) is 4.98 Å². The molecular weight excluding hydrogens is 1600 g/mol. The van der Waals surface area contributed by atoms with E-state index in [-0.39, 0.29) is 17.1 Å². The molecule has 32 heteroatoms. The van der Waals surface area contributed by atoms with Crippen molar-refractivity contribution in [3.05, 3.63) is 208 Å². The number of aryl methyl sites for hydroxylation is 4. The molecule has 12 aromatic rings. The quantitative estimate of drug-likeness (QED) is 0.0821. The van der Waals surface area contributed by atoms with Gasteiger partial charge in [-0.15, -0.1) is 0 Å². The van der Waals surface area contributed by atoms with Crippen molar-refractivity contribution >= 4 is 115 Å². The Hall–Kier alpha value is -11.2. The normalized spacial score (nSPS) is 15.2. The lowest BCUT2D eigenvalue weighted by Crippen LogP contribution is -2.45. The summed E-state index contributed by atoms with van der Waals surface area (Å²) in [5, 5.41) is 13.3. The number of nitrogens with zero attached hydrogens (tertiary/aromatic N) is 25. The number of likely N-dealkylation sites (N-methyl/N-ethyl adjacent to an activating group) is 4. The third-order valence-electron chi connectivity index (χ3n) is 21.7. The molecule has 0 radical (unpaired) electrons. The van der Waals surface area contributed by atoms with Gasteiger partial charge in [0.05, 0.1) is 110 Å². The first kappa shape index (κ1) is 85.7. The Morgan fingerprint density at radius 3 is 1.02 bits per heavy atom. The van der Waals surface area contributed by atoms with E-state index >= 15 is 0 Å². The molecule has 8 aromatic heterocycles. The Labute approximate surface area is 702 Å². The molecule has 622 valence electrons. The number of hydrogen-bond acceptors (Lipinski definition) is 27. The molecule has 0 amide bonds. The van der Waals surface area contributed by atoms with Crippen molar-refractivity contribution in [3.63, 3.8) is 0 Å². The van der Waals surface area contributed by atoms with Gasteiger partial charge in [-0.3, -0.25) is 19.9 Å². The number of hydrogen-bond donors (Lipinski definition) is 0. The summed E-state index contributed by atoms with van der Waals surface area (Å²) in [5.41, 5.74) is 8.76. The van der Waals surface area contributed by atoms with Gasteiger partial charge in [-0.1, -0.05) is 48.5 Å². The average molecular weight is 1700 g/mol. The maximum atomic E-state index is 13.8. The summed E-state index contributed by atoms with van der Waals surface area (Å²) >= 11 is 3.70. The van der Waals surface area contributed by atoms with Crippen LogP contribution in [0.1, 0.15) is 57.2 Å². The van der Waals surface area contributed by atoms with Crippen molar-refractivity contribution in [2.24, 2.45) is 0 Å². The molecule has 4 fully saturated rings. The maximum absolute atomic E-state index is 13.8. The molecule has 0 saturated carbocycles. The Morgan fingerprint density at radius 1 is 0.395 bits per heavy atom. The summed E-state index contributed by atoms with van der Waals surface area (Å²) in [7, 11) is 12.7. The molecule has 0 N–H and O–H groups in total. The van der Waals surface area contributed by atoms with Gasteiger partial charge in [0, 0.05) is 214 Å². The van der Waals surface area contributed by atoms with E-state index in [1.165, 1.54) is 18.5 Å². The highest BCUT2D eigenvalue weighted by molar-refractivity contribution is 9.10. The van der Waals surface area contributed by atoms with Gasteiger partial charge in [0.1, 0.15) is 52.6 Å². The summed E-state index contributed by atoms with van der Waals surface area (Å²) in [5.74, 6) is 6.63. The number of fused-ring (bicyclic) bond motifs is 4. The van der Waals surface area contributed by atoms with E-state index in [1.807, 2.05) is 107 Å². The largest absolute Gasteiger partial charge is 0.418 e. The number of benzene rings is 4. The molecule has 4 aromatic carbocycles. The molecule has 4 aliphatic heterocycles. The molecule has 0 spiro atoms. The van der Waals surface area contributed by atoms with Gasteiger partial charge in [-0.05, 0) is 120 Å². The maximum Gasteiger partial charge on any atom is 0.418 e. The number of pyridine rings is 4. The number of aromatic nitrogens is 12. The first-order chi connectivity index (χ1) is 57.0. The third-order valence-corrected chi connectivity index (χ3v) is 23.4. The van der Waals surface area contributed by atoms with Crippen LogP contribution in [0.2, 0.25) is 0 Å². The highest BCUT2D eigenvalue weighted by Crippen LogP contribution is 2.42. The SMILES string of the molecule is Cc1nc(CN(C)c2c(Br)ccc3cccnc23)cc(N2CCN(C)CC2)n1.Cc1nc(CN(C)c2c(C#N)ccc3cccnc23)cc(N2CCN(C)CC2)n1.Cc1nc(CN(C)c2c(C(F)(F)F)ccc3cccnc23)cc(N2CCN(C)CC2)n1.Cc1nc(CN(C)c2c(S(C)(=O)=O)ccc3cccnc23)cc(N2CCN(C)CC2)n1. The van der Waals surface area contributed by atoms with Gasteiger partial charge >= 0.3 is 6.18 Å². The molecule has 27 nitrogen and oxygen atoms in total. The van der Waals surface area contributed by atoms with Crippen molar-refractivity contribution in [1.82, 2.24) is 79.4 Å². The number of anilines is 8. The third kappa shape index (κ3) is 21.3. The number of alkyl halides is 3. The van der Waals surface area contributed by atoms with Crippen LogP contribution in [-0.2, 0) is 42.2 Å². The van der Waals surface area contributed by atoms with E-state index in [0.717, 1.165) is 206 Å². The smallest absolute Gasteiger partial charge is 0.366 e. The van der Waals surface area contributed by atoms with Crippen LogP contribution in [0, 0.1) is 39.0 Å². The topological polar surface area (TPSA) is 251 Å². The summed E-state index contributed by atoms with van der Waals surface area (Å²) in [6.45, 7) is 25.1. The minimum absolute atomic E-state index is 0.0583. The van der Waals surface area contributed by atoms with Crippen molar-refractivity contribution in [3.8, 4) is 6.07 Å². The van der Waals surface area contributed by atoms with Crippen LogP contribution in [0.25, 0.3) is 43.6 Å². The van der Waals surface area contributed by atoms with E-state index in [1.54, 1.807) is 48.6 Å². The first-order valence-corrected chi connectivity index (χ1v) is 42.5. The fourth-order valence-electron chi connectivity index (χ4n) is 15.4. The molecule has 0 bridgehead atoms. The van der Waals surface area contributed by atoms with Crippen molar-refractivity contribution < 1.29 is 21.6 Å². The second-order valence-electron chi connectivity index (χ2n) is 31.1. The summed E-state index contributed by atoms with van der Waals surface area (Å²) in [4.78, 5) is 81.3. The van der Waals surface area contributed by atoms with Crippen LogP contribution in [0.4, 0.5) is 59.2 Å². The molecule has 4 saturated heterocycles. The highest BCUT2D eigenvalue weighted by Gasteiger charge is 2.36. The highest BCUT2D eigenvalue weighted by atomic mass is 79.9. The van der Waals surface area contributed by atoms with E-state index < -0.39 is 21.6 Å². The van der Waals surface area contributed by atoms with Crippen LogP contribution in [-0.4, -0.2) is 255 Å². The molecule has 4 aliphatic rings. The molecule has 12 heterocycles. The first-order valence-electron chi connectivity index (χ1n) is 39.8. The van der Waals surface area contributed by atoms with Gasteiger partial charge in [0.25, 0.3) is 0 Å². The zero-order chi connectivity index (χ0) is 84.4. The summed E-state index contributed by atoms with van der Waals surface area (Å²) in [6, 6.07) is 39.6. The number of sulfone groups is 1. The van der Waals surface area contributed by atoms with Gasteiger partial charge in [-0.2, -0.15) is 18.4 Å². The van der Waals surface area contributed by atoms with Crippen LogP contribution in [0.3, 0.4) is 0 Å². The Bertz CT molecular complexity index is 5740. The Balaban J connectivity index is 0.000000137. The Kier molecular flexibility index (Phi) is 27.2. The lowest BCUT2D eigenvalue weighted by atomic mass is 10.1. The second-order valence-corrected chi connectivity index (χ2v) is 33.9. The van der Waals surface area contributed by atoms with Crippen molar-refractivity contribution in [2.45, 2.75) is 64.9 Å². The minimum atomic E-state index is -4.48. The second kappa shape index (κ2) is 37.8. The van der Waals surface area contributed by atoms with Crippen LogP contribution in [0.5, 0.6) is 0 Å². The van der Waals surface area contributed by atoms with Gasteiger partial charge in [0.15, 0.2) is 9.84 Å². The molecular formula is C87H103BrF3N25O2S. The number of nitriles is 1. The molecule has 16 rings (SSSR count). The zero-order valence-corrected chi connectivity index (χ0v) is 72.3. The van der Waals surface area contributed by atoms with Crippen LogP contribution < -0.4 is 39.2 Å².